The van der Waals surface area contributed by atoms with Crippen molar-refractivity contribution in [2.75, 3.05) is 6.54 Å². The number of nitrogens with zero attached hydrogens (tertiary/aromatic N) is 1. The quantitative estimate of drug-likeness (QED) is 0.543. The van der Waals surface area contributed by atoms with Gasteiger partial charge in [0.05, 0.1) is 5.71 Å². The van der Waals surface area contributed by atoms with Crippen LogP contribution in [-0.2, 0) is 0 Å². The molecule has 1 rings (SSSR count). The van der Waals surface area contributed by atoms with Crippen LogP contribution in [0.1, 0.15) is 27.2 Å². The Labute approximate surface area is 68.5 Å². The van der Waals surface area contributed by atoms with Crippen LogP contribution < -0.4 is 0 Å². The zero-order valence-electron chi connectivity index (χ0n) is 7.52. The van der Waals surface area contributed by atoms with Crippen LogP contribution in [0.3, 0.4) is 0 Å². The Bertz CT molecular complexity index is 227. The molecule has 1 aliphatic rings. The van der Waals surface area contributed by atoms with Crippen LogP contribution >= 0.6 is 0 Å². The molecular formula is C10H15N. The average Bonchev–Trinajstić information content (AvgIpc) is 2.36. The van der Waals surface area contributed by atoms with Crippen molar-refractivity contribution in [3.05, 3.63) is 23.3 Å². The molecule has 0 saturated carbocycles. The first kappa shape index (κ1) is 8.25. The molecule has 1 heteroatoms. The lowest BCUT2D eigenvalue weighted by atomic mass is 10.0. The van der Waals surface area contributed by atoms with Crippen molar-refractivity contribution < 1.29 is 0 Å². The maximum absolute atomic E-state index is 4.40. The third kappa shape index (κ3) is 1.79. The second kappa shape index (κ2) is 3.51. The Kier molecular flexibility index (Phi) is 2.64. The van der Waals surface area contributed by atoms with E-state index < -0.39 is 0 Å². The average molecular weight is 149 g/mol. The summed E-state index contributed by atoms with van der Waals surface area (Å²) in [4.78, 5) is 4.40. The van der Waals surface area contributed by atoms with Gasteiger partial charge in [-0.1, -0.05) is 11.6 Å². The van der Waals surface area contributed by atoms with E-state index in [1.807, 2.05) is 13.0 Å². The number of allylic oxidation sites excluding steroid dienone is 3. The van der Waals surface area contributed by atoms with Gasteiger partial charge in [-0.25, -0.2) is 0 Å². The molecule has 0 aromatic heterocycles. The molecule has 60 valence electrons. The summed E-state index contributed by atoms with van der Waals surface area (Å²) in [5.41, 5.74) is 4.02. The largest absolute Gasteiger partial charge is 0.285 e. The van der Waals surface area contributed by atoms with E-state index >= 15 is 0 Å². The molecule has 0 aliphatic carbocycles. The van der Waals surface area contributed by atoms with Gasteiger partial charge in [-0.05, 0) is 38.8 Å². The van der Waals surface area contributed by atoms with Gasteiger partial charge >= 0.3 is 0 Å². The fourth-order valence-corrected chi connectivity index (χ4v) is 1.33. The first-order chi connectivity index (χ1) is 5.25. The molecule has 0 unspecified atom stereocenters. The SMILES string of the molecule is C/C=C\C1=NCCC1=C(C)C. The highest BCUT2D eigenvalue weighted by molar-refractivity contribution is 6.10. The minimum atomic E-state index is 0.972. The normalized spacial score (nSPS) is 17.7. The van der Waals surface area contributed by atoms with Crippen molar-refractivity contribution in [2.24, 2.45) is 4.99 Å². The zero-order valence-corrected chi connectivity index (χ0v) is 7.52. The van der Waals surface area contributed by atoms with Crippen molar-refractivity contribution in [1.29, 1.82) is 0 Å². The van der Waals surface area contributed by atoms with Gasteiger partial charge in [-0.15, -0.1) is 0 Å². The van der Waals surface area contributed by atoms with E-state index in [1.54, 1.807) is 0 Å². The molecule has 0 fully saturated rings. The van der Waals surface area contributed by atoms with E-state index in [4.69, 9.17) is 0 Å². The first-order valence-corrected chi connectivity index (χ1v) is 4.09. The van der Waals surface area contributed by atoms with Gasteiger partial charge in [0.15, 0.2) is 0 Å². The van der Waals surface area contributed by atoms with Gasteiger partial charge in [0.1, 0.15) is 0 Å². The number of hydrogen-bond acceptors (Lipinski definition) is 1. The van der Waals surface area contributed by atoms with E-state index in [0.717, 1.165) is 13.0 Å². The van der Waals surface area contributed by atoms with E-state index in [1.165, 1.54) is 16.9 Å². The van der Waals surface area contributed by atoms with E-state index in [2.05, 4.69) is 24.9 Å². The molecule has 0 aromatic carbocycles. The van der Waals surface area contributed by atoms with Crippen LogP contribution in [0.2, 0.25) is 0 Å². The number of rotatable bonds is 1. The van der Waals surface area contributed by atoms with Crippen LogP contribution in [-0.4, -0.2) is 12.3 Å². The number of hydrogen-bond donors (Lipinski definition) is 0. The Balaban J connectivity index is 2.88. The maximum Gasteiger partial charge on any atom is 0.0603 e. The monoisotopic (exact) mass is 149 g/mol. The molecule has 1 nitrogen and oxygen atoms in total. The van der Waals surface area contributed by atoms with E-state index in [0.29, 0.717) is 0 Å². The van der Waals surface area contributed by atoms with E-state index in [-0.39, 0.29) is 0 Å². The zero-order chi connectivity index (χ0) is 8.27. The molecule has 0 bridgehead atoms. The second-order valence-corrected chi connectivity index (χ2v) is 3.00. The standard InChI is InChI=1S/C10H15N/c1-4-5-10-9(8(2)3)6-7-11-10/h4-5H,6-7H2,1-3H3/b5-4-. The highest BCUT2D eigenvalue weighted by atomic mass is 14.8. The van der Waals surface area contributed by atoms with Gasteiger partial charge in [0, 0.05) is 6.54 Å². The molecular weight excluding hydrogens is 134 g/mol. The molecule has 1 heterocycles. The molecule has 0 atom stereocenters. The van der Waals surface area contributed by atoms with Crippen LogP contribution in [0.5, 0.6) is 0 Å². The predicted octanol–water partition coefficient (Wildman–Crippen LogP) is 2.74. The van der Waals surface area contributed by atoms with Crippen LogP contribution in [0.4, 0.5) is 0 Å². The van der Waals surface area contributed by atoms with Crippen molar-refractivity contribution in [2.45, 2.75) is 27.2 Å². The Morgan fingerprint density at radius 1 is 1.45 bits per heavy atom. The van der Waals surface area contributed by atoms with Crippen molar-refractivity contribution in [3.63, 3.8) is 0 Å². The summed E-state index contributed by atoms with van der Waals surface area (Å²) in [6, 6.07) is 0. The van der Waals surface area contributed by atoms with Crippen molar-refractivity contribution in [3.8, 4) is 0 Å². The van der Waals surface area contributed by atoms with Gasteiger partial charge in [-0.3, -0.25) is 4.99 Å². The fraction of sp³-hybridized carbons (Fsp3) is 0.500. The summed E-state index contributed by atoms with van der Waals surface area (Å²) in [5.74, 6) is 0. The van der Waals surface area contributed by atoms with Gasteiger partial charge in [0.25, 0.3) is 0 Å². The number of aliphatic imine (C=N–C) groups is 1. The van der Waals surface area contributed by atoms with Crippen LogP contribution in [0.25, 0.3) is 0 Å². The molecule has 1 aliphatic heterocycles. The topological polar surface area (TPSA) is 12.4 Å². The molecule has 0 spiro atoms. The molecule has 0 amide bonds. The van der Waals surface area contributed by atoms with Gasteiger partial charge in [0.2, 0.25) is 0 Å². The van der Waals surface area contributed by atoms with Gasteiger partial charge in [-0.2, -0.15) is 0 Å². The Morgan fingerprint density at radius 3 is 2.73 bits per heavy atom. The molecule has 0 N–H and O–H groups in total. The minimum absolute atomic E-state index is 0.972. The van der Waals surface area contributed by atoms with Crippen molar-refractivity contribution in [1.82, 2.24) is 0 Å². The Hall–Kier alpha value is -0.850. The van der Waals surface area contributed by atoms with Crippen LogP contribution in [0, 0.1) is 0 Å². The lowest BCUT2D eigenvalue weighted by Gasteiger charge is -1.99. The lowest BCUT2D eigenvalue weighted by molar-refractivity contribution is 1.03. The first-order valence-electron chi connectivity index (χ1n) is 4.09. The van der Waals surface area contributed by atoms with E-state index in [9.17, 15) is 0 Å². The molecule has 11 heavy (non-hydrogen) atoms. The third-order valence-corrected chi connectivity index (χ3v) is 1.88. The highest BCUT2D eigenvalue weighted by Gasteiger charge is 2.10. The smallest absolute Gasteiger partial charge is 0.0603 e. The summed E-state index contributed by atoms with van der Waals surface area (Å²) in [5, 5.41) is 0. The second-order valence-electron chi connectivity index (χ2n) is 3.00. The Morgan fingerprint density at radius 2 is 2.18 bits per heavy atom. The van der Waals surface area contributed by atoms with Crippen molar-refractivity contribution >= 4 is 5.71 Å². The summed E-state index contributed by atoms with van der Waals surface area (Å²) in [6.45, 7) is 7.31. The molecule has 0 saturated heterocycles. The lowest BCUT2D eigenvalue weighted by Crippen LogP contribution is -1.94. The molecule has 0 radical (unpaired) electrons. The summed E-state index contributed by atoms with van der Waals surface area (Å²) in [7, 11) is 0. The molecule has 0 aromatic rings. The fourth-order valence-electron chi connectivity index (χ4n) is 1.33. The highest BCUT2D eigenvalue weighted by Crippen LogP contribution is 2.17. The van der Waals surface area contributed by atoms with Gasteiger partial charge < -0.3 is 0 Å². The maximum atomic E-state index is 4.40. The predicted molar refractivity (Wildman–Crippen MR) is 50.1 cm³/mol. The van der Waals surface area contributed by atoms with Crippen LogP contribution in [0.15, 0.2) is 28.3 Å². The minimum Gasteiger partial charge on any atom is -0.285 e. The third-order valence-electron chi connectivity index (χ3n) is 1.88. The summed E-state index contributed by atoms with van der Waals surface area (Å²) >= 11 is 0. The summed E-state index contributed by atoms with van der Waals surface area (Å²) < 4.78 is 0. The summed E-state index contributed by atoms with van der Waals surface area (Å²) in [6.07, 6.45) is 5.27.